The molecule has 96 valence electrons. The molecular weight excluding hydrogens is 232 g/mol. The lowest BCUT2D eigenvalue weighted by Gasteiger charge is -2.13. The molecule has 0 saturated carbocycles. The lowest BCUT2D eigenvalue weighted by Crippen LogP contribution is -2.04. The summed E-state index contributed by atoms with van der Waals surface area (Å²) in [5, 5.41) is 0. The molecule has 0 fully saturated rings. The summed E-state index contributed by atoms with van der Waals surface area (Å²) in [7, 11) is 4.62. The van der Waals surface area contributed by atoms with Gasteiger partial charge in [0.15, 0.2) is 5.78 Å². The minimum Gasteiger partial charge on any atom is -0.496 e. The van der Waals surface area contributed by atoms with Gasteiger partial charge in [0.05, 0.1) is 21.3 Å². The van der Waals surface area contributed by atoms with E-state index in [0.29, 0.717) is 22.8 Å². The van der Waals surface area contributed by atoms with Crippen LogP contribution in [0.2, 0.25) is 0 Å². The summed E-state index contributed by atoms with van der Waals surface area (Å²) in [4.78, 5) is 11.6. The number of carbonyl (C=O) groups is 1. The van der Waals surface area contributed by atoms with Crippen molar-refractivity contribution in [2.24, 2.45) is 0 Å². The molecule has 4 heteroatoms. The molecule has 0 aliphatic heterocycles. The first-order valence-electron chi connectivity index (χ1n) is 5.33. The number of methoxy groups -OCH3 is 3. The standard InChI is InChI=1S/C14H16O4/c1-5-6-10(15)7-12-13(17-3)8-11(16-2)9-14(12)18-4/h6,8-9H,1,7H2,2-4H3. The Morgan fingerprint density at radius 3 is 2.17 bits per heavy atom. The molecule has 0 aromatic heterocycles. The molecule has 0 spiro atoms. The fourth-order valence-electron chi connectivity index (χ4n) is 1.59. The third kappa shape index (κ3) is 3.15. The number of ether oxygens (including phenoxy) is 3. The number of carbonyl (C=O) groups excluding carboxylic acids is 1. The van der Waals surface area contributed by atoms with E-state index in [1.165, 1.54) is 20.3 Å². The van der Waals surface area contributed by atoms with E-state index < -0.39 is 0 Å². The summed E-state index contributed by atoms with van der Waals surface area (Å²) in [6.45, 7) is 3.37. The molecule has 18 heavy (non-hydrogen) atoms. The van der Waals surface area contributed by atoms with Crippen LogP contribution in [0.25, 0.3) is 0 Å². The molecule has 0 aliphatic rings. The number of benzene rings is 1. The van der Waals surface area contributed by atoms with Crippen molar-refractivity contribution >= 4 is 5.78 Å². The molecule has 1 rings (SSSR count). The molecule has 0 saturated heterocycles. The number of allylic oxidation sites excluding steroid dienone is 1. The van der Waals surface area contributed by atoms with E-state index in [1.54, 1.807) is 19.2 Å². The first-order valence-corrected chi connectivity index (χ1v) is 5.33. The van der Waals surface area contributed by atoms with Crippen LogP contribution >= 0.6 is 0 Å². The molecule has 0 aliphatic carbocycles. The molecule has 0 heterocycles. The van der Waals surface area contributed by atoms with Gasteiger partial charge in [-0.05, 0) is 0 Å². The first kappa shape index (κ1) is 13.9. The van der Waals surface area contributed by atoms with Crippen LogP contribution in [0.5, 0.6) is 17.2 Å². The topological polar surface area (TPSA) is 44.8 Å². The Morgan fingerprint density at radius 2 is 1.78 bits per heavy atom. The zero-order chi connectivity index (χ0) is 13.5. The Kier molecular flexibility index (Phi) is 5.03. The van der Waals surface area contributed by atoms with Gasteiger partial charge in [0, 0.05) is 30.2 Å². The van der Waals surface area contributed by atoms with Gasteiger partial charge in [-0.15, -0.1) is 5.73 Å². The van der Waals surface area contributed by atoms with E-state index in [0.717, 1.165) is 0 Å². The van der Waals surface area contributed by atoms with Crippen molar-refractivity contribution in [3.05, 3.63) is 36.1 Å². The average molecular weight is 248 g/mol. The number of hydrogen-bond acceptors (Lipinski definition) is 4. The molecule has 0 bridgehead atoms. The molecule has 1 aromatic carbocycles. The van der Waals surface area contributed by atoms with Crippen molar-refractivity contribution < 1.29 is 19.0 Å². The van der Waals surface area contributed by atoms with Crippen LogP contribution in [0.3, 0.4) is 0 Å². The summed E-state index contributed by atoms with van der Waals surface area (Å²) in [5.41, 5.74) is 3.13. The van der Waals surface area contributed by atoms with Crippen LogP contribution in [-0.2, 0) is 11.2 Å². The quantitative estimate of drug-likeness (QED) is 0.571. The highest BCUT2D eigenvalue weighted by Crippen LogP contribution is 2.34. The molecule has 0 N–H and O–H groups in total. The van der Waals surface area contributed by atoms with Gasteiger partial charge in [-0.3, -0.25) is 4.79 Å². The van der Waals surface area contributed by atoms with Gasteiger partial charge < -0.3 is 14.2 Å². The fourth-order valence-corrected chi connectivity index (χ4v) is 1.59. The molecule has 4 nitrogen and oxygen atoms in total. The number of ketones is 1. The predicted octanol–water partition coefficient (Wildman–Crippen LogP) is 2.17. The Bertz CT molecular complexity index is 460. The molecule has 0 unspecified atom stereocenters. The third-order valence-electron chi connectivity index (χ3n) is 2.43. The van der Waals surface area contributed by atoms with Gasteiger partial charge in [0.25, 0.3) is 0 Å². The van der Waals surface area contributed by atoms with E-state index in [2.05, 4.69) is 12.3 Å². The largest absolute Gasteiger partial charge is 0.496 e. The lowest BCUT2D eigenvalue weighted by molar-refractivity contribution is -0.114. The number of rotatable bonds is 6. The van der Waals surface area contributed by atoms with Gasteiger partial charge >= 0.3 is 0 Å². The summed E-state index contributed by atoms with van der Waals surface area (Å²) in [5.74, 6) is 1.60. The highest BCUT2D eigenvalue weighted by atomic mass is 16.5. The highest BCUT2D eigenvalue weighted by Gasteiger charge is 2.15. The molecule has 0 radical (unpaired) electrons. The second-order valence-electron chi connectivity index (χ2n) is 3.50. The van der Waals surface area contributed by atoms with Crippen LogP contribution < -0.4 is 14.2 Å². The van der Waals surface area contributed by atoms with Crippen molar-refractivity contribution in [1.82, 2.24) is 0 Å². The molecular formula is C14H16O4. The molecule has 1 aromatic rings. The second-order valence-corrected chi connectivity index (χ2v) is 3.50. The van der Waals surface area contributed by atoms with E-state index >= 15 is 0 Å². The van der Waals surface area contributed by atoms with Crippen molar-refractivity contribution in [2.75, 3.05) is 21.3 Å². The maximum atomic E-state index is 11.6. The summed E-state index contributed by atoms with van der Waals surface area (Å²) in [6, 6.07) is 3.42. The molecule has 0 atom stereocenters. The SMILES string of the molecule is C=C=CC(=O)Cc1c(OC)cc(OC)cc1OC. The third-order valence-corrected chi connectivity index (χ3v) is 2.43. The number of hydrogen-bond donors (Lipinski definition) is 0. The van der Waals surface area contributed by atoms with Crippen molar-refractivity contribution in [3.8, 4) is 17.2 Å². The normalized spacial score (nSPS) is 9.28. The summed E-state index contributed by atoms with van der Waals surface area (Å²) in [6.07, 6.45) is 1.46. The minimum atomic E-state index is -0.119. The average Bonchev–Trinajstić information content (AvgIpc) is 2.39. The monoisotopic (exact) mass is 248 g/mol. The van der Waals surface area contributed by atoms with Crippen molar-refractivity contribution in [1.29, 1.82) is 0 Å². The van der Waals surface area contributed by atoms with Crippen molar-refractivity contribution in [2.45, 2.75) is 6.42 Å². The minimum absolute atomic E-state index is 0.119. The Hall–Kier alpha value is -2.19. The maximum Gasteiger partial charge on any atom is 0.167 e. The highest BCUT2D eigenvalue weighted by molar-refractivity contribution is 5.92. The van der Waals surface area contributed by atoms with Gasteiger partial charge in [0.1, 0.15) is 17.2 Å². The van der Waals surface area contributed by atoms with Crippen LogP contribution in [-0.4, -0.2) is 27.1 Å². The van der Waals surface area contributed by atoms with Gasteiger partial charge in [-0.25, -0.2) is 0 Å². The fraction of sp³-hybridized carbons (Fsp3) is 0.286. The second kappa shape index (κ2) is 6.52. The van der Waals surface area contributed by atoms with E-state index in [9.17, 15) is 4.79 Å². The molecule has 0 amide bonds. The van der Waals surface area contributed by atoms with E-state index in [-0.39, 0.29) is 12.2 Å². The van der Waals surface area contributed by atoms with Gasteiger partial charge in [-0.1, -0.05) is 6.58 Å². The first-order chi connectivity index (χ1) is 8.65. The Labute approximate surface area is 106 Å². The van der Waals surface area contributed by atoms with Crippen molar-refractivity contribution in [3.63, 3.8) is 0 Å². The van der Waals surface area contributed by atoms with Crippen LogP contribution in [0, 0.1) is 0 Å². The maximum absolute atomic E-state index is 11.6. The zero-order valence-electron chi connectivity index (χ0n) is 10.8. The van der Waals surface area contributed by atoms with Crippen LogP contribution in [0.15, 0.2) is 30.5 Å². The smallest absolute Gasteiger partial charge is 0.167 e. The lowest BCUT2D eigenvalue weighted by atomic mass is 10.1. The predicted molar refractivity (Wildman–Crippen MR) is 68.5 cm³/mol. The van der Waals surface area contributed by atoms with E-state index in [4.69, 9.17) is 14.2 Å². The summed E-state index contributed by atoms with van der Waals surface area (Å²) < 4.78 is 15.6. The van der Waals surface area contributed by atoms with Crippen LogP contribution in [0.1, 0.15) is 5.56 Å². The van der Waals surface area contributed by atoms with E-state index in [1.807, 2.05) is 0 Å². The Balaban J connectivity index is 3.22. The van der Waals surface area contributed by atoms with Gasteiger partial charge in [-0.2, -0.15) is 0 Å². The van der Waals surface area contributed by atoms with Gasteiger partial charge in [0.2, 0.25) is 0 Å². The Morgan fingerprint density at radius 1 is 1.22 bits per heavy atom. The summed E-state index contributed by atoms with van der Waals surface area (Å²) >= 11 is 0. The van der Waals surface area contributed by atoms with Crippen LogP contribution in [0.4, 0.5) is 0 Å². The zero-order valence-corrected chi connectivity index (χ0v) is 10.8.